The Balaban J connectivity index is 2.04. The number of rotatable bonds is 6. The summed E-state index contributed by atoms with van der Waals surface area (Å²) in [5, 5.41) is 2.87. The summed E-state index contributed by atoms with van der Waals surface area (Å²) in [6, 6.07) is -0.216. The minimum atomic E-state index is -0.750. The van der Waals surface area contributed by atoms with Gasteiger partial charge in [-0.15, -0.1) is 0 Å². The van der Waals surface area contributed by atoms with E-state index in [0.717, 1.165) is 30.8 Å². The minimum Gasteiger partial charge on any atom is -0.340 e. The molecule has 1 aliphatic heterocycles. The third-order valence-electron chi connectivity index (χ3n) is 3.80. The van der Waals surface area contributed by atoms with Crippen LogP contribution in [0.5, 0.6) is 0 Å². The summed E-state index contributed by atoms with van der Waals surface area (Å²) in [7, 11) is 0. The molecule has 0 radical (unpaired) electrons. The maximum absolute atomic E-state index is 12.5. The van der Waals surface area contributed by atoms with E-state index in [1.165, 1.54) is 0 Å². The van der Waals surface area contributed by atoms with Gasteiger partial charge in [0.1, 0.15) is 11.6 Å². The van der Waals surface area contributed by atoms with E-state index in [9.17, 15) is 9.59 Å². The predicted octanol–water partition coefficient (Wildman–Crippen LogP) is 1.65. The maximum Gasteiger partial charge on any atom is 0.248 e. The van der Waals surface area contributed by atoms with Crippen LogP contribution in [0.1, 0.15) is 40.0 Å². The van der Waals surface area contributed by atoms with E-state index in [-0.39, 0.29) is 17.9 Å². The Hall–Kier alpha value is -0.710. The number of hydrogen-bond donors (Lipinski definition) is 1. The molecule has 1 aliphatic carbocycles. The van der Waals surface area contributed by atoms with Crippen LogP contribution in [0.4, 0.5) is 0 Å². The summed E-state index contributed by atoms with van der Waals surface area (Å²) < 4.78 is 0. The maximum atomic E-state index is 12.5. The molecule has 0 aromatic carbocycles. The number of carbonyl (C=O) groups excluding carboxylic acids is 2. The molecule has 1 atom stereocenters. The second-order valence-electron chi connectivity index (χ2n) is 5.95. The standard InChI is InChI=1S/C14H24N2O2S/c1-4-19-9-5-8-16-11(10-6-7-10)12(17)15-14(2,3)13(16)18/h10-11H,4-9H2,1-3H3,(H,15,17). The van der Waals surface area contributed by atoms with Gasteiger partial charge in [-0.3, -0.25) is 9.59 Å². The lowest BCUT2D eigenvalue weighted by Gasteiger charge is -2.43. The van der Waals surface area contributed by atoms with E-state index in [2.05, 4.69) is 12.2 Å². The van der Waals surface area contributed by atoms with Crippen LogP contribution in [0, 0.1) is 5.92 Å². The van der Waals surface area contributed by atoms with Crippen molar-refractivity contribution in [3.05, 3.63) is 0 Å². The number of nitrogens with one attached hydrogen (secondary N) is 1. The van der Waals surface area contributed by atoms with Crippen molar-refractivity contribution in [2.45, 2.75) is 51.6 Å². The van der Waals surface area contributed by atoms with E-state index < -0.39 is 5.54 Å². The van der Waals surface area contributed by atoms with Crippen LogP contribution in [0.3, 0.4) is 0 Å². The largest absolute Gasteiger partial charge is 0.340 e. The van der Waals surface area contributed by atoms with Gasteiger partial charge in [-0.05, 0) is 50.5 Å². The Kier molecular flexibility index (Phi) is 4.43. The number of carbonyl (C=O) groups is 2. The highest BCUT2D eigenvalue weighted by atomic mass is 32.2. The second kappa shape index (κ2) is 5.73. The Bertz CT molecular complexity index is 366. The van der Waals surface area contributed by atoms with Crippen molar-refractivity contribution in [2.24, 2.45) is 5.92 Å². The lowest BCUT2D eigenvalue weighted by molar-refractivity contribution is -0.154. The highest BCUT2D eigenvalue weighted by Gasteiger charge is 2.50. The lowest BCUT2D eigenvalue weighted by Crippen LogP contribution is -2.68. The molecule has 0 bridgehead atoms. The second-order valence-corrected chi connectivity index (χ2v) is 7.34. The number of piperazine rings is 1. The molecule has 2 aliphatic rings. The molecular weight excluding hydrogens is 260 g/mol. The normalized spacial score (nSPS) is 26.5. The van der Waals surface area contributed by atoms with Gasteiger partial charge in [-0.2, -0.15) is 11.8 Å². The van der Waals surface area contributed by atoms with Crippen LogP contribution >= 0.6 is 11.8 Å². The summed E-state index contributed by atoms with van der Waals surface area (Å²) in [6.45, 7) is 6.44. The SMILES string of the molecule is CCSCCCN1C(=O)C(C)(C)NC(=O)C1C1CC1. The molecule has 0 spiro atoms. The fourth-order valence-corrected chi connectivity index (χ4v) is 3.29. The van der Waals surface area contributed by atoms with Crippen LogP contribution in [0.25, 0.3) is 0 Å². The van der Waals surface area contributed by atoms with E-state index >= 15 is 0 Å². The van der Waals surface area contributed by atoms with Crippen LogP contribution < -0.4 is 5.32 Å². The monoisotopic (exact) mass is 284 g/mol. The van der Waals surface area contributed by atoms with Gasteiger partial charge in [0.2, 0.25) is 11.8 Å². The van der Waals surface area contributed by atoms with Crippen molar-refractivity contribution < 1.29 is 9.59 Å². The number of nitrogens with zero attached hydrogens (tertiary/aromatic N) is 1. The summed E-state index contributed by atoms with van der Waals surface area (Å²) in [6.07, 6.45) is 3.12. The van der Waals surface area contributed by atoms with Gasteiger partial charge in [0, 0.05) is 6.54 Å². The number of hydrogen-bond acceptors (Lipinski definition) is 3. The Morgan fingerprint density at radius 1 is 1.37 bits per heavy atom. The molecule has 5 heteroatoms. The first-order valence-corrected chi connectivity index (χ1v) is 8.33. The summed E-state index contributed by atoms with van der Waals surface area (Å²) in [5.41, 5.74) is -0.750. The zero-order valence-corrected chi connectivity index (χ0v) is 12.9. The van der Waals surface area contributed by atoms with Gasteiger partial charge in [0.05, 0.1) is 0 Å². The molecule has 1 N–H and O–H groups in total. The van der Waals surface area contributed by atoms with Crippen LogP contribution in [0.2, 0.25) is 0 Å². The predicted molar refractivity (Wildman–Crippen MR) is 78.1 cm³/mol. The molecule has 2 amide bonds. The Morgan fingerprint density at radius 2 is 2.05 bits per heavy atom. The fraction of sp³-hybridized carbons (Fsp3) is 0.857. The van der Waals surface area contributed by atoms with Crippen LogP contribution in [-0.4, -0.2) is 46.3 Å². The first-order valence-electron chi connectivity index (χ1n) is 7.18. The highest BCUT2D eigenvalue weighted by molar-refractivity contribution is 7.99. The van der Waals surface area contributed by atoms with Crippen LogP contribution in [-0.2, 0) is 9.59 Å². The number of amides is 2. The number of thioether (sulfide) groups is 1. The zero-order valence-electron chi connectivity index (χ0n) is 12.1. The van der Waals surface area contributed by atoms with Gasteiger partial charge in [-0.25, -0.2) is 0 Å². The van der Waals surface area contributed by atoms with Gasteiger partial charge in [-0.1, -0.05) is 6.92 Å². The molecule has 0 aromatic heterocycles. The Labute approximate surface area is 119 Å². The highest BCUT2D eigenvalue weighted by Crippen LogP contribution is 2.38. The van der Waals surface area contributed by atoms with E-state index in [4.69, 9.17) is 0 Å². The first kappa shape index (κ1) is 14.7. The van der Waals surface area contributed by atoms with Gasteiger partial charge in [0.15, 0.2) is 0 Å². The van der Waals surface area contributed by atoms with E-state index in [0.29, 0.717) is 12.5 Å². The third-order valence-corrected chi connectivity index (χ3v) is 4.78. The molecule has 1 unspecified atom stereocenters. The van der Waals surface area contributed by atoms with Crippen molar-refractivity contribution in [3.63, 3.8) is 0 Å². The third kappa shape index (κ3) is 3.25. The zero-order chi connectivity index (χ0) is 14.0. The molecule has 1 saturated heterocycles. The Morgan fingerprint density at radius 3 is 2.63 bits per heavy atom. The fourth-order valence-electron chi connectivity index (χ4n) is 2.66. The average molecular weight is 284 g/mol. The summed E-state index contributed by atoms with van der Waals surface area (Å²) in [5.74, 6) is 2.66. The van der Waals surface area contributed by atoms with E-state index in [1.807, 2.05) is 16.7 Å². The van der Waals surface area contributed by atoms with Crippen molar-refractivity contribution >= 4 is 23.6 Å². The van der Waals surface area contributed by atoms with Gasteiger partial charge < -0.3 is 10.2 Å². The molecule has 0 aromatic rings. The van der Waals surface area contributed by atoms with E-state index in [1.54, 1.807) is 13.8 Å². The lowest BCUT2D eigenvalue weighted by atomic mass is 9.94. The topological polar surface area (TPSA) is 49.4 Å². The minimum absolute atomic E-state index is 0.0373. The summed E-state index contributed by atoms with van der Waals surface area (Å²) in [4.78, 5) is 26.6. The molecule has 1 saturated carbocycles. The smallest absolute Gasteiger partial charge is 0.248 e. The van der Waals surface area contributed by atoms with Crippen molar-refractivity contribution in [3.8, 4) is 0 Å². The van der Waals surface area contributed by atoms with Crippen LogP contribution in [0.15, 0.2) is 0 Å². The average Bonchev–Trinajstić information content (AvgIpc) is 3.14. The van der Waals surface area contributed by atoms with Crippen molar-refractivity contribution in [2.75, 3.05) is 18.1 Å². The molecule has 19 heavy (non-hydrogen) atoms. The molecule has 2 rings (SSSR count). The van der Waals surface area contributed by atoms with Gasteiger partial charge >= 0.3 is 0 Å². The molecular formula is C14H24N2O2S. The first-order chi connectivity index (χ1) is 8.97. The molecule has 2 fully saturated rings. The summed E-state index contributed by atoms with van der Waals surface area (Å²) >= 11 is 1.89. The van der Waals surface area contributed by atoms with Crippen molar-refractivity contribution in [1.82, 2.24) is 10.2 Å². The quantitative estimate of drug-likeness (QED) is 0.755. The van der Waals surface area contributed by atoms with Gasteiger partial charge in [0.25, 0.3) is 0 Å². The molecule has 4 nitrogen and oxygen atoms in total. The van der Waals surface area contributed by atoms with Crippen molar-refractivity contribution in [1.29, 1.82) is 0 Å². The molecule has 108 valence electrons. The molecule has 1 heterocycles.